The van der Waals surface area contributed by atoms with E-state index in [1.54, 1.807) is 11.3 Å². The third-order valence-electron chi connectivity index (χ3n) is 3.32. The molecule has 0 atom stereocenters. The van der Waals surface area contributed by atoms with Gasteiger partial charge in [-0.2, -0.15) is 0 Å². The molecule has 0 aliphatic rings. The zero-order valence-corrected chi connectivity index (χ0v) is 14.6. The Morgan fingerprint density at radius 1 is 1.23 bits per heavy atom. The SMILES string of the molecule is CCCCS(=O)(=O)NCCc1csc(-c2ccc(C)cc2)n1. The molecule has 6 heteroatoms. The van der Waals surface area contributed by atoms with Crippen LogP contribution >= 0.6 is 11.3 Å². The monoisotopic (exact) mass is 338 g/mol. The molecule has 0 aliphatic carbocycles. The summed E-state index contributed by atoms with van der Waals surface area (Å²) in [4.78, 5) is 4.58. The highest BCUT2D eigenvalue weighted by Gasteiger charge is 2.09. The third-order valence-corrected chi connectivity index (χ3v) is 5.73. The van der Waals surface area contributed by atoms with Crippen LogP contribution in [0.2, 0.25) is 0 Å². The smallest absolute Gasteiger partial charge is 0.211 e. The molecule has 0 aliphatic heterocycles. The first-order valence-electron chi connectivity index (χ1n) is 7.49. The normalized spacial score (nSPS) is 11.7. The van der Waals surface area contributed by atoms with E-state index in [-0.39, 0.29) is 5.75 Å². The van der Waals surface area contributed by atoms with Gasteiger partial charge in [0.1, 0.15) is 5.01 Å². The first-order chi connectivity index (χ1) is 10.5. The lowest BCUT2D eigenvalue weighted by Gasteiger charge is -2.04. The van der Waals surface area contributed by atoms with Crippen LogP contribution in [0.15, 0.2) is 29.6 Å². The second kappa shape index (κ2) is 7.85. The zero-order chi connectivity index (χ0) is 16.0. The molecule has 0 fully saturated rings. The minimum atomic E-state index is -3.14. The van der Waals surface area contributed by atoms with E-state index in [1.807, 2.05) is 12.3 Å². The Morgan fingerprint density at radius 2 is 1.95 bits per heavy atom. The van der Waals surface area contributed by atoms with Gasteiger partial charge >= 0.3 is 0 Å². The standard InChI is InChI=1S/C16H22N2O2S2/c1-3-4-11-22(19,20)17-10-9-15-12-21-16(18-15)14-7-5-13(2)6-8-14/h5-8,12,17H,3-4,9-11H2,1-2H3. The molecule has 0 radical (unpaired) electrons. The summed E-state index contributed by atoms with van der Waals surface area (Å²) in [5.41, 5.74) is 3.26. The summed E-state index contributed by atoms with van der Waals surface area (Å²) in [6.07, 6.45) is 2.20. The van der Waals surface area contributed by atoms with E-state index in [2.05, 4.69) is 40.9 Å². The number of aromatic nitrogens is 1. The van der Waals surface area contributed by atoms with Crippen molar-refractivity contribution in [2.45, 2.75) is 33.1 Å². The minimum Gasteiger partial charge on any atom is -0.241 e. The van der Waals surface area contributed by atoms with Crippen LogP contribution in [-0.2, 0) is 16.4 Å². The van der Waals surface area contributed by atoms with Gasteiger partial charge < -0.3 is 0 Å². The van der Waals surface area contributed by atoms with Crippen molar-refractivity contribution in [1.29, 1.82) is 0 Å². The molecule has 1 aromatic heterocycles. The summed E-state index contributed by atoms with van der Waals surface area (Å²) in [6, 6.07) is 8.26. The number of thiazole rings is 1. The Balaban J connectivity index is 1.89. The maximum absolute atomic E-state index is 11.7. The fraction of sp³-hybridized carbons (Fsp3) is 0.438. The van der Waals surface area contributed by atoms with Gasteiger partial charge in [-0.3, -0.25) is 0 Å². The van der Waals surface area contributed by atoms with Crippen molar-refractivity contribution in [3.8, 4) is 10.6 Å². The van der Waals surface area contributed by atoms with Crippen molar-refractivity contribution in [3.63, 3.8) is 0 Å². The number of nitrogens with zero attached hydrogens (tertiary/aromatic N) is 1. The van der Waals surface area contributed by atoms with Crippen molar-refractivity contribution >= 4 is 21.4 Å². The Morgan fingerprint density at radius 3 is 2.64 bits per heavy atom. The largest absolute Gasteiger partial charge is 0.241 e. The molecule has 0 spiro atoms. The summed E-state index contributed by atoms with van der Waals surface area (Å²) in [5.74, 6) is 0.204. The maximum atomic E-state index is 11.7. The van der Waals surface area contributed by atoms with Gasteiger partial charge in [-0.25, -0.2) is 18.1 Å². The molecule has 120 valence electrons. The van der Waals surface area contributed by atoms with Gasteiger partial charge in [0, 0.05) is 23.9 Å². The van der Waals surface area contributed by atoms with Crippen molar-refractivity contribution in [3.05, 3.63) is 40.9 Å². The van der Waals surface area contributed by atoms with Crippen molar-refractivity contribution in [1.82, 2.24) is 9.71 Å². The fourth-order valence-electron chi connectivity index (χ4n) is 1.99. The summed E-state index contributed by atoms with van der Waals surface area (Å²) < 4.78 is 26.1. The first-order valence-corrected chi connectivity index (χ1v) is 10.0. The number of benzene rings is 1. The molecule has 0 amide bonds. The lowest BCUT2D eigenvalue weighted by atomic mass is 10.2. The molecule has 2 rings (SSSR count). The molecule has 0 unspecified atom stereocenters. The highest BCUT2D eigenvalue weighted by Crippen LogP contribution is 2.24. The van der Waals surface area contributed by atoms with Gasteiger partial charge in [-0.05, 0) is 13.3 Å². The van der Waals surface area contributed by atoms with Gasteiger partial charge in [0.25, 0.3) is 0 Å². The van der Waals surface area contributed by atoms with Crippen LogP contribution in [0.1, 0.15) is 31.0 Å². The Hall–Kier alpha value is -1.24. The molecule has 0 bridgehead atoms. The van der Waals surface area contributed by atoms with Crippen molar-refractivity contribution in [2.24, 2.45) is 0 Å². The average Bonchev–Trinajstić information content (AvgIpc) is 2.94. The van der Waals surface area contributed by atoms with E-state index in [9.17, 15) is 8.42 Å². The minimum absolute atomic E-state index is 0.204. The second-order valence-electron chi connectivity index (χ2n) is 5.33. The Bertz CT molecular complexity index is 691. The predicted molar refractivity (Wildman–Crippen MR) is 92.7 cm³/mol. The molecule has 22 heavy (non-hydrogen) atoms. The molecule has 1 N–H and O–H groups in total. The average molecular weight is 338 g/mol. The van der Waals surface area contributed by atoms with Crippen LogP contribution < -0.4 is 4.72 Å². The second-order valence-corrected chi connectivity index (χ2v) is 8.11. The molecular weight excluding hydrogens is 316 g/mol. The Kier molecular flexibility index (Phi) is 6.11. The number of hydrogen-bond donors (Lipinski definition) is 1. The number of rotatable bonds is 8. The predicted octanol–water partition coefficient (Wildman–Crippen LogP) is 3.38. The van der Waals surface area contributed by atoms with Gasteiger partial charge in [0.2, 0.25) is 10.0 Å². The van der Waals surface area contributed by atoms with Crippen LogP contribution in [0.4, 0.5) is 0 Å². The number of unbranched alkanes of at least 4 members (excludes halogenated alkanes) is 1. The molecular formula is C16H22N2O2S2. The fourth-order valence-corrected chi connectivity index (χ4v) is 4.08. The van der Waals surface area contributed by atoms with Crippen LogP contribution in [0, 0.1) is 6.92 Å². The van der Waals surface area contributed by atoms with E-state index in [0.29, 0.717) is 19.4 Å². The van der Waals surface area contributed by atoms with Gasteiger partial charge in [0.05, 0.1) is 11.4 Å². The van der Waals surface area contributed by atoms with Crippen LogP contribution in [0.5, 0.6) is 0 Å². The zero-order valence-electron chi connectivity index (χ0n) is 13.0. The summed E-state index contributed by atoms with van der Waals surface area (Å²) in [5, 5.41) is 2.97. The van der Waals surface area contributed by atoms with Crippen molar-refractivity contribution < 1.29 is 8.42 Å². The molecule has 0 saturated heterocycles. The third kappa shape index (κ3) is 5.19. The first kappa shape index (κ1) is 17.1. The van der Waals surface area contributed by atoms with Gasteiger partial charge in [-0.15, -0.1) is 11.3 Å². The number of nitrogens with one attached hydrogen (secondary N) is 1. The van der Waals surface area contributed by atoms with E-state index in [1.165, 1.54) is 5.56 Å². The van der Waals surface area contributed by atoms with Gasteiger partial charge in [-0.1, -0.05) is 43.2 Å². The van der Waals surface area contributed by atoms with Crippen LogP contribution in [0.25, 0.3) is 10.6 Å². The topological polar surface area (TPSA) is 59.1 Å². The number of hydrogen-bond acceptors (Lipinski definition) is 4. The summed E-state index contributed by atoms with van der Waals surface area (Å²) in [6.45, 7) is 4.45. The molecule has 1 aromatic carbocycles. The summed E-state index contributed by atoms with van der Waals surface area (Å²) in [7, 11) is -3.14. The highest BCUT2D eigenvalue weighted by atomic mass is 32.2. The highest BCUT2D eigenvalue weighted by molar-refractivity contribution is 7.89. The lowest BCUT2D eigenvalue weighted by molar-refractivity contribution is 0.578. The molecule has 1 heterocycles. The number of sulfonamides is 1. The molecule has 2 aromatic rings. The molecule has 4 nitrogen and oxygen atoms in total. The van der Waals surface area contributed by atoms with Crippen LogP contribution in [-0.4, -0.2) is 25.7 Å². The summed E-state index contributed by atoms with van der Waals surface area (Å²) >= 11 is 1.59. The lowest BCUT2D eigenvalue weighted by Crippen LogP contribution is -2.28. The van der Waals surface area contributed by atoms with E-state index in [0.717, 1.165) is 22.7 Å². The van der Waals surface area contributed by atoms with E-state index < -0.39 is 10.0 Å². The van der Waals surface area contributed by atoms with E-state index in [4.69, 9.17) is 0 Å². The van der Waals surface area contributed by atoms with Crippen molar-refractivity contribution in [2.75, 3.05) is 12.3 Å². The Labute approximate surface area is 136 Å². The van der Waals surface area contributed by atoms with E-state index >= 15 is 0 Å². The quantitative estimate of drug-likeness (QED) is 0.803. The van der Waals surface area contributed by atoms with Crippen LogP contribution in [0.3, 0.4) is 0 Å². The van der Waals surface area contributed by atoms with Gasteiger partial charge in [0.15, 0.2) is 0 Å². The number of aryl methyl sites for hydroxylation is 1. The maximum Gasteiger partial charge on any atom is 0.211 e. The molecule has 0 saturated carbocycles.